The van der Waals surface area contributed by atoms with Gasteiger partial charge in [-0.2, -0.15) is 5.26 Å². The minimum atomic E-state index is -0.748. The third-order valence-corrected chi connectivity index (χ3v) is 10.3. The maximum absolute atomic E-state index is 13.3. The summed E-state index contributed by atoms with van der Waals surface area (Å²) in [4.78, 5) is 40.4. The Kier molecular flexibility index (Phi) is 8.07. The summed E-state index contributed by atoms with van der Waals surface area (Å²) < 4.78 is 0. The Labute approximate surface area is 256 Å². The summed E-state index contributed by atoms with van der Waals surface area (Å²) in [6, 6.07) is 7.77. The number of nitrogens with zero attached hydrogens (tertiary/aromatic N) is 5. The van der Waals surface area contributed by atoms with Crippen LogP contribution in [0.4, 0.5) is 0 Å². The number of benzene rings is 1. The molecule has 2 aromatic rings. The topological polar surface area (TPSA) is 169 Å². The van der Waals surface area contributed by atoms with Crippen LogP contribution in [-0.4, -0.2) is 82.0 Å². The third-order valence-electron chi connectivity index (χ3n) is 10.3. The van der Waals surface area contributed by atoms with Crippen molar-refractivity contribution in [2.24, 2.45) is 11.8 Å². The Morgan fingerprint density at radius 2 is 1.95 bits per heavy atom. The SMILES string of the molecule is CNC(=O)C1=CC2CCc3cc(C(=O)NC)ccc3C(CC3(NCC(=O)N4CCCC4C#N)CCC3)(c3nnn[nH]3)C2C=C1. The molecule has 44 heavy (non-hydrogen) atoms. The van der Waals surface area contributed by atoms with Crippen molar-refractivity contribution >= 4 is 17.7 Å². The standard InChI is InChI=1S/C32H39N9O3/c1-34-28(43)22-8-10-25-20(15-22)6-7-21-16-23(29(44)35-2)9-11-26(21)32(25,30-37-39-40-38-30)19-31(12-4-13-31)36-18-27(42)41-14-3-5-24(41)17-33/h8-11,15-16,20,24-25,36H,3-7,12-14,18-19H2,1-2H3,(H,34,43)(H,35,44)(H,37,38,39,40). The number of fused-ring (bicyclic) bond motifs is 2. The van der Waals surface area contributed by atoms with E-state index in [0.29, 0.717) is 42.8 Å². The van der Waals surface area contributed by atoms with Crippen molar-refractivity contribution in [3.63, 3.8) is 0 Å². The Hall–Kier alpha value is -4.37. The Bertz CT molecular complexity index is 1540. The molecule has 4 aliphatic rings. The molecule has 2 fully saturated rings. The minimum Gasteiger partial charge on any atom is -0.355 e. The van der Waals surface area contributed by atoms with Gasteiger partial charge in [0.2, 0.25) is 5.91 Å². The van der Waals surface area contributed by atoms with Gasteiger partial charge in [-0.15, -0.1) is 5.10 Å². The van der Waals surface area contributed by atoms with Crippen molar-refractivity contribution in [2.45, 2.75) is 68.4 Å². The predicted molar refractivity (Wildman–Crippen MR) is 161 cm³/mol. The molecule has 12 heteroatoms. The second kappa shape index (κ2) is 12.0. The first kappa shape index (κ1) is 29.7. The van der Waals surface area contributed by atoms with Gasteiger partial charge in [0.1, 0.15) is 6.04 Å². The van der Waals surface area contributed by atoms with Gasteiger partial charge in [-0.05, 0) is 91.0 Å². The molecule has 1 saturated heterocycles. The Balaban J connectivity index is 1.44. The van der Waals surface area contributed by atoms with E-state index in [1.54, 1.807) is 19.0 Å². The fourth-order valence-electron chi connectivity index (χ4n) is 7.90. The summed E-state index contributed by atoms with van der Waals surface area (Å²) in [6.45, 7) is 0.755. The molecule has 3 aliphatic carbocycles. The van der Waals surface area contributed by atoms with Gasteiger partial charge in [0.05, 0.1) is 18.0 Å². The first-order valence-corrected chi connectivity index (χ1v) is 15.5. The van der Waals surface area contributed by atoms with Crippen LogP contribution in [-0.2, 0) is 21.4 Å². The van der Waals surface area contributed by atoms with E-state index < -0.39 is 5.41 Å². The number of rotatable bonds is 8. The van der Waals surface area contributed by atoms with Gasteiger partial charge in [-0.3, -0.25) is 14.4 Å². The molecule has 2 heterocycles. The lowest BCUT2D eigenvalue weighted by molar-refractivity contribution is -0.131. The number of tetrazole rings is 1. The third kappa shape index (κ3) is 5.09. The van der Waals surface area contributed by atoms with Crippen LogP contribution in [0.1, 0.15) is 72.3 Å². The van der Waals surface area contributed by atoms with Crippen LogP contribution in [0.2, 0.25) is 0 Å². The zero-order chi connectivity index (χ0) is 30.9. The van der Waals surface area contributed by atoms with Gasteiger partial charge in [0.25, 0.3) is 11.8 Å². The number of nitrogens with one attached hydrogen (secondary N) is 4. The van der Waals surface area contributed by atoms with E-state index in [9.17, 15) is 19.6 Å². The molecular weight excluding hydrogens is 558 g/mol. The van der Waals surface area contributed by atoms with E-state index in [4.69, 9.17) is 0 Å². The second-order valence-electron chi connectivity index (χ2n) is 12.5. The molecule has 0 radical (unpaired) electrons. The molecule has 0 bridgehead atoms. The van der Waals surface area contributed by atoms with Crippen LogP contribution in [0.25, 0.3) is 0 Å². The summed E-state index contributed by atoms with van der Waals surface area (Å²) in [5, 5.41) is 34.4. The molecular formula is C32H39N9O3. The number of aromatic amines is 1. The predicted octanol–water partition coefficient (Wildman–Crippen LogP) is 1.68. The molecule has 1 aromatic heterocycles. The molecule has 6 rings (SSSR count). The molecule has 0 spiro atoms. The highest BCUT2D eigenvalue weighted by Gasteiger charge is 2.55. The first-order valence-electron chi connectivity index (χ1n) is 15.5. The first-order chi connectivity index (χ1) is 21.3. The lowest BCUT2D eigenvalue weighted by Crippen LogP contribution is -2.59. The Morgan fingerprint density at radius 1 is 1.14 bits per heavy atom. The van der Waals surface area contributed by atoms with Crippen LogP contribution in [0.5, 0.6) is 0 Å². The fraction of sp³-hybridized carbons (Fsp3) is 0.531. The number of carbonyl (C=O) groups is 3. The van der Waals surface area contributed by atoms with E-state index in [-0.39, 0.29) is 47.7 Å². The van der Waals surface area contributed by atoms with E-state index in [1.807, 2.05) is 24.3 Å². The lowest BCUT2D eigenvalue weighted by Gasteiger charge is -2.52. The van der Waals surface area contributed by atoms with Crippen molar-refractivity contribution in [3.05, 3.63) is 64.5 Å². The smallest absolute Gasteiger partial charge is 0.251 e. The monoisotopic (exact) mass is 597 g/mol. The average Bonchev–Trinajstić information content (AvgIpc) is 3.73. The highest BCUT2D eigenvalue weighted by molar-refractivity contribution is 5.96. The number of nitriles is 1. The number of aryl methyl sites for hydroxylation is 1. The number of carbonyl (C=O) groups excluding carboxylic acids is 3. The number of aromatic nitrogens is 4. The molecule has 230 valence electrons. The van der Waals surface area contributed by atoms with Crippen LogP contribution < -0.4 is 16.0 Å². The molecule has 1 aromatic carbocycles. The van der Waals surface area contributed by atoms with Crippen LogP contribution in [0.15, 0.2) is 42.0 Å². The molecule has 4 unspecified atom stereocenters. The van der Waals surface area contributed by atoms with Gasteiger partial charge in [-0.25, -0.2) is 5.10 Å². The van der Waals surface area contributed by atoms with Crippen molar-refractivity contribution in [2.75, 3.05) is 27.2 Å². The summed E-state index contributed by atoms with van der Waals surface area (Å²) in [5.74, 6) is 0.163. The highest BCUT2D eigenvalue weighted by atomic mass is 16.2. The quantitative estimate of drug-likeness (QED) is 0.356. The lowest BCUT2D eigenvalue weighted by atomic mass is 9.56. The molecule has 1 aliphatic heterocycles. The van der Waals surface area contributed by atoms with E-state index in [2.05, 4.69) is 54.8 Å². The summed E-state index contributed by atoms with van der Waals surface area (Å²) in [7, 11) is 3.25. The number of H-pyrrole nitrogens is 1. The number of hydrogen-bond acceptors (Lipinski definition) is 8. The van der Waals surface area contributed by atoms with Crippen molar-refractivity contribution in [3.8, 4) is 6.07 Å². The van der Waals surface area contributed by atoms with Crippen molar-refractivity contribution in [1.29, 1.82) is 5.26 Å². The van der Waals surface area contributed by atoms with Gasteiger partial charge >= 0.3 is 0 Å². The number of likely N-dealkylation sites (N-methyl/N-ethyl adjacent to an activating group) is 1. The largest absolute Gasteiger partial charge is 0.355 e. The zero-order valence-corrected chi connectivity index (χ0v) is 25.2. The number of hydrogen-bond donors (Lipinski definition) is 4. The van der Waals surface area contributed by atoms with Crippen LogP contribution in [0.3, 0.4) is 0 Å². The maximum Gasteiger partial charge on any atom is 0.251 e. The normalized spacial score (nSPS) is 26.7. The molecule has 4 atom stereocenters. The van der Waals surface area contributed by atoms with Crippen LogP contribution in [0, 0.1) is 23.2 Å². The molecule has 1 saturated carbocycles. The minimum absolute atomic E-state index is 0.00648. The number of allylic oxidation sites excluding steroid dienone is 2. The van der Waals surface area contributed by atoms with E-state index >= 15 is 0 Å². The van der Waals surface area contributed by atoms with Crippen molar-refractivity contribution < 1.29 is 14.4 Å². The zero-order valence-electron chi connectivity index (χ0n) is 25.2. The van der Waals surface area contributed by atoms with Gasteiger partial charge < -0.3 is 20.9 Å². The van der Waals surface area contributed by atoms with Gasteiger partial charge in [0, 0.05) is 43.2 Å². The molecule has 3 amide bonds. The van der Waals surface area contributed by atoms with E-state index in [0.717, 1.165) is 43.2 Å². The second-order valence-corrected chi connectivity index (χ2v) is 12.5. The highest BCUT2D eigenvalue weighted by Crippen LogP contribution is 2.55. The van der Waals surface area contributed by atoms with Gasteiger partial charge in [-0.1, -0.05) is 24.3 Å². The van der Waals surface area contributed by atoms with E-state index in [1.165, 1.54) is 0 Å². The number of amides is 3. The summed E-state index contributed by atoms with van der Waals surface area (Å²) in [5.41, 5.74) is 2.16. The maximum atomic E-state index is 13.3. The Morgan fingerprint density at radius 3 is 2.64 bits per heavy atom. The number of likely N-dealkylation sites (tertiary alicyclic amines) is 1. The van der Waals surface area contributed by atoms with Gasteiger partial charge in [0.15, 0.2) is 5.82 Å². The average molecular weight is 598 g/mol. The molecule has 4 N–H and O–H groups in total. The summed E-state index contributed by atoms with van der Waals surface area (Å²) >= 11 is 0. The summed E-state index contributed by atoms with van der Waals surface area (Å²) in [6.07, 6.45) is 12.5. The van der Waals surface area contributed by atoms with Crippen molar-refractivity contribution in [1.82, 2.24) is 41.5 Å². The van der Waals surface area contributed by atoms with Crippen LogP contribution >= 0.6 is 0 Å². The molecule has 12 nitrogen and oxygen atoms in total. The fourth-order valence-corrected chi connectivity index (χ4v) is 7.90.